The standard InChI is InChI=1S/C24H18ClNO3/c1-15-12-18-21(14-20(15)25)29-24(28)19(23(18)16-8-4-2-5-9-16)13-22(27)26-17-10-6-3-7-11-17/h2-12,14H,13H2,1H3,(H,26,27). The van der Waals surface area contributed by atoms with Crippen LogP contribution in [0, 0.1) is 6.92 Å². The van der Waals surface area contributed by atoms with E-state index in [-0.39, 0.29) is 12.3 Å². The predicted octanol–water partition coefficient (Wildman–Crippen LogP) is 5.60. The third kappa shape index (κ3) is 3.93. The van der Waals surface area contributed by atoms with Gasteiger partial charge in [0.1, 0.15) is 5.58 Å². The van der Waals surface area contributed by atoms with Gasteiger partial charge in [-0.25, -0.2) is 4.79 Å². The number of halogens is 1. The Bertz CT molecular complexity index is 1250. The van der Waals surface area contributed by atoms with E-state index in [1.165, 1.54) is 0 Å². The second kappa shape index (κ2) is 7.94. The molecular formula is C24H18ClNO3. The predicted molar refractivity (Wildman–Crippen MR) is 116 cm³/mol. The van der Waals surface area contributed by atoms with Crippen LogP contribution in [0.15, 0.2) is 82.0 Å². The number of amides is 1. The number of anilines is 1. The number of hydrogen-bond donors (Lipinski definition) is 1. The van der Waals surface area contributed by atoms with Crippen molar-refractivity contribution in [1.29, 1.82) is 0 Å². The number of nitrogens with one attached hydrogen (secondary N) is 1. The van der Waals surface area contributed by atoms with Crippen molar-refractivity contribution in [3.05, 3.63) is 99.4 Å². The Morgan fingerprint density at radius 1 is 1.00 bits per heavy atom. The van der Waals surface area contributed by atoms with Gasteiger partial charge in [-0.2, -0.15) is 0 Å². The van der Waals surface area contributed by atoms with E-state index in [1.54, 1.807) is 18.2 Å². The molecule has 0 aliphatic rings. The summed E-state index contributed by atoms with van der Waals surface area (Å²) in [5.74, 6) is -0.286. The van der Waals surface area contributed by atoms with E-state index >= 15 is 0 Å². The summed E-state index contributed by atoms with van der Waals surface area (Å²) in [6, 6.07) is 22.2. The van der Waals surface area contributed by atoms with Gasteiger partial charge in [0, 0.05) is 27.7 Å². The molecule has 29 heavy (non-hydrogen) atoms. The second-order valence-electron chi connectivity index (χ2n) is 6.80. The van der Waals surface area contributed by atoms with E-state index in [0.29, 0.717) is 27.4 Å². The number of hydrogen-bond acceptors (Lipinski definition) is 3. The number of fused-ring (bicyclic) bond motifs is 1. The normalized spacial score (nSPS) is 10.8. The third-order valence-corrected chi connectivity index (χ3v) is 5.15. The molecule has 1 heterocycles. The van der Waals surface area contributed by atoms with E-state index in [2.05, 4.69) is 5.32 Å². The molecular weight excluding hydrogens is 386 g/mol. The number of rotatable bonds is 4. The van der Waals surface area contributed by atoms with Crippen molar-refractivity contribution < 1.29 is 9.21 Å². The molecule has 4 rings (SSSR count). The van der Waals surface area contributed by atoms with Crippen LogP contribution < -0.4 is 10.9 Å². The summed E-state index contributed by atoms with van der Waals surface area (Å²) in [6.45, 7) is 1.89. The molecule has 3 aromatic carbocycles. The zero-order valence-electron chi connectivity index (χ0n) is 15.7. The summed E-state index contributed by atoms with van der Waals surface area (Å²) in [6.07, 6.45) is -0.0981. The zero-order chi connectivity index (χ0) is 20.4. The number of benzene rings is 3. The fourth-order valence-corrected chi connectivity index (χ4v) is 3.51. The molecule has 0 fully saturated rings. The molecule has 1 amide bonds. The smallest absolute Gasteiger partial charge is 0.340 e. The second-order valence-corrected chi connectivity index (χ2v) is 7.20. The summed E-state index contributed by atoms with van der Waals surface area (Å²) in [7, 11) is 0. The Labute approximate surface area is 172 Å². The molecule has 0 radical (unpaired) electrons. The Hall–Kier alpha value is -3.37. The molecule has 4 nitrogen and oxygen atoms in total. The Kier molecular flexibility index (Phi) is 5.19. The Balaban J connectivity index is 1.86. The lowest BCUT2D eigenvalue weighted by Gasteiger charge is -2.13. The molecule has 0 atom stereocenters. The van der Waals surface area contributed by atoms with E-state index in [4.69, 9.17) is 16.0 Å². The van der Waals surface area contributed by atoms with Crippen LogP contribution >= 0.6 is 11.6 Å². The number of aryl methyl sites for hydroxylation is 1. The van der Waals surface area contributed by atoms with Gasteiger partial charge in [-0.1, -0.05) is 60.1 Å². The first kappa shape index (κ1) is 19.0. The molecule has 0 unspecified atom stereocenters. The molecule has 1 N–H and O–H groups in total. The maximum absolute atomic E-state index is 12.8. The van der Waals surface area contributed by atoms with Crippen LogP contribution in [-0.4, -0.2) is 5.91 Å². The minimum atomic E-state index is -0.542. The van der Waals surface area contributed by atoms with Crippen molar-refractivity contribution in [3.8, 4) is 11.1 Å². The van der Waals surface area contributed by atoms with E-state index in [1.807, 2.05) is 61.5 Å². The minimum Gasteiger partial charge on any atom is -0.422 e. The van der Waals surface area contributed by atoms with Gasteiger partial charge in [0.25, 0.3) is 0 Å². The molecule has 5 heteroatoms. The summed E-state index contributed by atoms with van der Waals surface area (Å²) >= 11 is 6.23. The maximum atomic E-state index is 12.8. The molecule has 0 saturated carbocycles. The Morgan fingerprint density at radius 2 is 1.66 bits per heavy atom. The number of carbonyl (C=O) groups excluding carboxylic acids is 1. The molecule has 4 aromatic rings. The van der Waals surface area contributed by atoms with Crippen molar-refractivity contribution in [1.82, 2.24) is 0 Å². The summed E-state index contributed by atoms with van der Waals surface area (Å²) < 4.78 is 5.52. The minimum absolute atomic E-state index is 0.0981. The van der Waals surface area contributed by atoms with Gasteiger partial charge in [0.05, 0.1) is 12.0 Å². The molecule has 1 aromatic heterocycles. The van der Waals surface area contributed by atoms with Gasteiger partial charge in [-0.3, -0.25) is 4.79 Å². The lowest BCUT2D eigenvalue weighted by atomic mass is 9.94. The quantitative estimate of drug-likeness (QED) is 0.451. The van der Waals surface area contributed by atoms with Crippen LogP contribution in [-0.2, 0) is 11.2 Å². The van der Waals surface area contributed by atoms with Crippen molar-refractivity contribution in [2.45, 2.75) is 13.3 Å². The first-order valence-electron chi connectivity index (χ1n) is 9.19. The topological polar surface area (TPSA) is 59.3 Å². The van der Waals surface area contributed by atoms with Crippen molar-refractivity contribution >= 4 is 34.2 Å². The summed E-state index contributed by atoms with van der Waals surface area (Å²) in [4.78, 5) is 25.5. The van der Waals surface area contributed by atoms with Crippen LogP contribution in [0.3, 0.4) is 0 Å². The van der Waals surface area contributed by atoms with Crippen molar-refractivity contribution in [2.24, 2.45) is 0 Å². The Morgan fingerprint density at radius 3 is 2.34 bits per heavy atom. The molecule has 0 aliphatic heterocycles. The van der Waals surface area contributed by atoms with E-state index in [0.717, 1.165) is 16.5 Å². The average molecular weight is 404 g/mol. The van der Waals surface area contributed by atoms with E-state index in [9.17, 15) is 9.59 Å². The van der Waals surface area contributed by atoms with Crippen LogP contribution in [0.25, 0.3) is 22.1 Å². The molecule has 0 aliphatic carbocycles. The van der Waals surface area contributed by atoms with Gasteiger partial charge in [0.15, 0.2) is 0 Å². The maximum Gasteiger partial charge on any atom is 0.340 e. The highest BCUT2D eigenvalue weighted by molar-refractivity contribution is 6.32. The average Bonchev–Trinajstić information content (AvgIpc) is 2.71. The van der Waals surface area contributed by atoms with Gasteiger partial charge < -0.3 is 9.73 Å². The van der Waals surface area contributed by atoms with Crippen LogP contribution in [0.1, 0.15) is 11.1 Å². The van der Waals surface area contributed by atoms with Gasteiger partial charge in [-0.15, -0.1) is 0 Å². The highest BCUT2D eigenvalue weighted by atomic mass is 35.5. The van der Waals surface area contributed by atoms with Crippen LogP contribution in [0.2, 0.25) is 5.02 Å². The SMILES string of the molecule is Cc1cc2c(-c3ccccc3)c(CC(=O)Nc3ccccc3)c(=O)oc2cc1Cl. The van der Waals surface area contributed by atoms with Crippen molar-refractivity contribution in [2.75, 3.05) is 5.32 Å². The third-order valence-electron chi connectivity index (χ3n) is 4.74. The molecule has 144 valence electrons. The van der Waals surface area contributed by atoms with Gasteiger partial charge in [-0.05, 0) is 36.2 Å². The highest BCUT2D eigenvalue weighted by Crippen LogP contribution is 2.33. The lowest BCUT2D eigenvalue weighted by molar-refractivity contribution is -0.115. The van der Waals surface area contributed by atoms with Crippen LogP contribution in [0.4, 0.5) is 5.69 Å². The van der Waals surface area contributed by atoms with Crippen LogP contribution in [0.5, 0.6) is 0 Å². The fourth-order valence-electron chi connectivity index (χ4n) is 3.35. The molecule has 0 saturated heterocycles. The number of para-hydroxylation sites is 1. The molecule has 0 bridgehead atoms. The number of carbonyl (C=O) groups is 1. The van der Waals surface area contributed by atoms with Gasteiger partial charge in [0.2, 0.25) is 5.91 Å². The van der Waals surface area contributed by atoms with E-state index < -0.39 is 5.63 Å². The summed E-state index contributed by atoms with van der Waals surface area (Å²) in [5.41, 5.74) is 3.25. The van der Waals surface area contributed by atoms with Crippen molar-refractivity contribution in [3.63, 3.8) is 0 Å². The van der Waals surface area contributed by atoms with Gasteiger partial charge >= 0.3 is 5.63 Å². The monoisotopic (exact) mass is 403 g/mol. The first-order chi connectivity index (χ1) is 14.0. The lowest BCUT2D eigenvalue weighted by Crippen LogP contribution is -2.20. The first-order valence-corrected chi connectivity index (χ1v) is 9.57. The largest absolute Gasteiger partial charge is 0.422 e. The molecule has 0 spiro atoms. The fraction of sp³-hybridized carbons (Fsp3) is 0.0833. The zero-order valence-corrected chi connectivity index (χ0v) is 16.5. The highest BCUT2D eigenvalue weighted by Gasteiger charge is 2.20. The summed E-state index contributed by atoms with van der Waals surface area (Å²) in [5, 5.41) is 4.10.